The van der Waals surface area contributed by atoms with Gasteiger partial charge in [0, 0.05) is 0 Å². The van der Waals surface area contributed by atoms with Gasteiger partial charge >= 0.3 is 5.97 Å². The highest BCUT2D eigenvalue weighted by atomic mass is 16.4. The van der Waals surface area contributed by atoms with Crippen LogP contribution in [0.2, 0.25) is 0 Å². The largest absolute Gasteiger partial charge is 0.481 e. The van der Waals surface area contributed by atoms with Gasteiger partial charge in [-0.3, -0.25) is 4.79 Å². The normalized spacial score (nSPS) is 9.36. The SMILES string of the molecule is C=O.CN.O=C(O)Cc1ccc2cc3ccccc3cc2c1. The van der Waals surface area contributed by atoms with Crippen LogP contribution < -0.4 is 5.73 Å². The molecule has 0 aliphatic heterocycles. The molecule has 0 amide bonds. The molecule has 0 aliphatic rings. The van der Waals surface area contributed by atoms with Gasteiger partial charge in [0.05, 0.1) is 6.42 Å². The highest BCUT2D eigenvalue weighted by molar-refractivity contribution is 5.98. The third kappa shape index (κ3) is 4.14. The van der Waals surface area contributed by atoms with Crippen molar-refractivity contribution in [2.45, 2.75) is 6.42 Å². The standard InChI is InChI=1S/C16H12O2.CH5N.CH2O/c17-16(18)8-11-5-6-14-9-12-3-1-2-4-13(12)10-15(14)7-11;2*1-2/h1-7,9-10H,8H2,(H,17,18);2H2,1H3;1H2. The van der Waals surface area contributed by atoms with E-state index in [-0.39, 0.29) is 6.42 Å². The summed E-state index contributed by atoms with van der Waals surface area (Å²) in [5.41, 5.74) is 5.34. The van der Waals surface area contributed by atoms with Crippen LogP contribution in [0.3, 0.4) is 0 Å². The number of rotatable bonds is 2. The number of carbonyl (C=O) groups excluding carboxylic acids is 1. The molecule has 0 bridgehead atoms. The second kappa shape index (κ2) is 8.54. The molecule has 0 saturated heterocycles. The molecule has 0 spiro atoms. The molecule has 4 nitrogen and oxygen atoms in total. The molecule has 114 valence electrons. The smallest absolute Gasteiger partial charge is 0.307 e. The minimum absolute atomic E-state index is 0.0722. The van der Waals surface area contributed by atoms with Gasteiger partial charge < -0.3 is 15.6 Å². The third-order valence-electron chi connectivity index (χ3n) is 3.12. The van der Waals surface area contributed by atoms with Gasteiger partial charge in [-0.2, -0.15) is 0 Å². The summed E-state index contributed by atoms with van der Waals surface area (Å²) in [6, 6.07) is 18.2. The monoisotopic (exact) mass is 297 g/mol. The van der Waals surface area contributed by atoms with E-state index in [9.17, 15) is 4.79 Å². The van der Waals surface area contributed by atoms with Gasteiger partial charge in [0.2, 0.25) is 0 Å². The summed E-state index contributed by atoms with van der Waals surface area (Å²) in [6.07, 6.45) is 0.0722. The molecule has 0 aliphatic carbocycles. The molecule has 0 saturated carbocycles. The molecule has 3 aromatic carbocycles. The number of hydrogen-bond donors (Lipinski definition) is 2. The van der Waals surface area contributed by atoms with Gasteiger partial charge in [0.1, 0.15) is 6.79 Å². The molecule has 3 N–H and O–H groups in total. The van der Waals surface area contributed by atoms with E-state index in [0.29, 0.717) is 0 Å². The van der Waals surface area contributed by atoms with Crippen LogP contribution in [0.15, 0.2) is 54.6 Å². The third-order valence-corrected chi connectivity index (χ3v) is 3.12. The van der Waals surface area contributed by atoms with Crippen molar-refractivity contribution in [2.24, 2.45) is 5.73 Å². The molecular weight excluding hydrogens is 278 g/mol. The number of nitrogens with two attached hydrogens (primary N) is 1. The second-order valence-corrected chi connectivity index (χ2v) is 4.45. The van der Waals surface area contributed by atoms with Crippen LogP contribution in [0, 0.1) is 0 Å². The Hall–Kier alpha value is -2.72. The molecule has 0 fully saturated rings. The summed E-state index contributed by atoms with van der Waals surface area (Å²) >= 11 is 0. The van der Waals surface area contributed by atoms with Crippen LogP contribution in [0.1, 0.15) is 5.56 Å². The zero-order valence-corrected chi connectivity index (χ0v) is 12.5. The van der Waals surface area contributed by atoms with Gasteiger partial charge in [-0.25, -0.2) is 0 Å². The fourth-order valence-corrected chi connectivity index (χ4v) is 2.27. The molecule has 0 unspecified atom stereocenters. The highest BCUT2D eigenvalue weighted by Crippen LogP contribution is 2.23. The van der Waals surface area contributed by atoms with Crippen LogP contribution >= 0.6 is 0 Å². The van der Waals surface area contributed by atoms with Gasteiger partial charge in [-0.1, -0.05) is 42.5 Å². The van der Waals surface area contributed by atoms with E-state index in [1.807, 2.05) is 37.1 Å². The molecule has 22 heavy (non-hydrogen) atoms. The second-order valence-electron chi connectivity index (χ2n) is 4.45. The molecule has 4 heteroatoms. The summed E-state index contributed by atoms with van der Waals surface area (Å²) < 4.78 is 0. The Morgan fingerprint density at radius 2 is 1.41 bits per heavy atom. The fourth-order valence-electron chi connectivity index (χ4n) is 2.27. The Bertz CT molecular complexity index is 768. The van der Waals surface area contributed by atoms with E-state index in [0.717, 1.165) is 16.3 Å². The lowest BCUT2D eigenvalue weighted by molar-refractivity contribution is -0.136. The lowest BCUT2D eigenvalue weighted by Gasteiger charge is -2.04. The fraction of sp³-hybridized carbons (Fsp3) is 0.111. The van der Waals surface area contributed by atoms with Crippen molar-refractivity contribution in [2.75, 3.05) is 7.05 Å². The van der Waals surface area contributed by atoms with Crippen molar-refractivity contribution in [3.63, 3.8) is 0 Å². The molecule has 0 aromatic heterocycles. The van der Waals surface area contributed by atoms with E-state index in [4.69, 9.17) is 9.90 Å². The Morgan fingerprint density at radius 1 is 0.909 bits per heavy atom. The predicted octanol–water partition coefficient (Wildman–Crippen LogP) is 3.01. The molecule has 0 heterocycles. The predicted molar refractivity (Wildman–Crippen MR) is 90.0 cm³/mol. The van der Waals surface area contributed by atoms with Crippen molar-refractivity contribution in [1.29, 1.82) is 0 Å². The first-order chi connectivity index (χ1) is 10.7. The first kappa shape index (κ1) is 17.3. The highest BCUT2D eigenvalue weighted by Gasteiger charge is 2.03. The Kier molecular flexibility index (Phi) is 6.73. The number of carbonyl (C=O) groups is 2. The van der Waals surface area contributed by atoms with Crippen LogP contribution in [0.5, 0.6) is 0 Å². The number of fused-ring (bicyclic) bond motifs is 2. The van der Waals surface area contributed by atoms with Crippen molar-refractivity contribution in [1.82, 2.24) is 0 Å². The van der Waals surface area contributed by atoms with E-state index < -0.39 is 5.97 Å². The lowest BCUT2D eigenvalue weighted by atomic mass is 10.0. The zero-order chi connectivity index (χ0) is 16.5. The topological polar surface area (TPSA) is 80.4 Å². The van der Waals surface area contributed by atoms with Crippen molar-refractivity contribution >= 4 is 34.3 Å². The minimum Gasteiger partial charge on any atom is -0.481 e. The summed E-state index contributed by atoms with van der Waals surface area (Å²) in [5.74, 6) is -0.796. The minimum atomic E-state index is -0.796. The maximum Gasteiger partial charge on any atom is 0.307 e. The van der Waals surface area contributed by atoms with Gasteiger partial charge in [0.15, 0.2) is 0 Å². The molecule has 3 aromatic rings. The van der Waals surface area contributed by atoms with Crippen LogP contribution in [-0.4, -0.2) is 24.9 Å². The summed E-state index contributed by atoms with van der Waals surface area (Å²) in [4.78, 5) is 18.7. The van der Waals surface area contributed by atoms with Crippen molar-refractivity contribution < 1.29 is 14.7 Å². The number of aliphatic carboxylic acids is 1. The van der Waals surface area contributed by atoms with E-state index in [1.54, 1.807) is 0 Å². The maximum atomic E-state index is 10.7. The maximum absolute atomic E-state index is 10.7. The van der Waals surface area contributed by atoms with E-state index in [1.165, 1.54) is 17.8 Å². The van der Waals surface area contributed by atoms with Gasteiger partial charge in [0.25, 0.3) is 0 Å². The quantitative estimate of drug-likeness (QED) is 0.712. The van der Waals surface area contributed by atoms with E-state index in [2.05, 4.69) is 30.0 Å². The van der Waals surface area contributed by atoms with Crippen molar-refractivity contribution in [3.8, 4) is 0 Å². The first-order valence-corrected chi connectivity index (χ1v) is 6.72. The number of hydrogen-bond acceptors (Lipinski definition) is 3. The Morgan fingerprint density at radius 3 is 1.95 bits per heavy atom. The molecule has 3 rings (SSSR count). The van der Waals surface area contributed by atoms with Crippen molar-refractivity contribution in [3.05, 3.63) is 60.2 Å². The Balaban J connectivity index is 0.000000561. The molecule has 0 atom stereocenters. The molecule has 0 radical (unpaired) electrons. The average Bonchev–Trinajstić information content (AvgIpc) is 2.56. The van der Waals surface area contributed by atoms with Crippen LogP contribution in [0.25, 0.3) is 21.5 Å². The first-order valence-electron chi connectivity index (χ1n) is 6.72. The van der Waals surface area contributed by atoms with Crippen LogP contribution in [0.4, 0.5) is 0 Å². The van der Waals surface area contributed by atoms with Gasteiger partial charge in [-0.15, -0.1) is 0 Å². The number of carboxylic acid groups (broad SMARTS) is 1. The summed E-state index contributed by atoms with van der Waals surface area (Å²) in [6.45, 7) is 2.00. The summed E-state index contributed by atoms with van der Waals surface area (Å²) in [7, 11) is 1.50. The Labute approximate surface area is 129 Å². The summed E-state index contributed by atoms with van der Waals surface area (Å²) in [5, 5.41) is 13.4. The van der Waals surface area contributed by atoms with Crippen LogP contribution in [-0.2, 0) is 16.0 Å². The zero-order valence-electron chi connectivity index (χ0n) is 12.5. The lowest BCUT2D eigenvalue weighted by Crippen LogP contribution is -1.99. The number of benzene rings is 3. The van der Waals surface area contributed by atoms with E-state index >= 15 is 0 Å². The van der Waals surface area contributed by atoms with Gasteiger partial charge in [-0.05, 0) is 46.3 Å². The number of carboxylic acids is 1. The average molecular weight is 297 g/mol. The molecular formula is C18H19NO3.